The molecule has 3 heterocycles. The number of fused-ring (bicyclic) bond motifs is 1. The molecule has 1 aliphatic rings. The Balaban J connectivity index is 1.69. The third-order valence-corrected chi connectivity index (χ3v) is 5.73. The minimum atomic E-state index is -0.384. The van der Waals surface area contributed by atoms with Crippen LogP contribution in [0.25, 0.3) is 11.3 Å². The number of nitrogens with zero attached hydrogens (tertiary/aromatic N) is 3. The summed E-state index contributed by atoms with van der Waals surface area (Å²) in [6.45, 7) is 0. The number of amides is 1. The van der Waals surface area contributed by atoms with E-state index in [0.29, 0.717) is 5.69 Å². The summed E-state index contributed by atoms with van der Waals surface area (Å²) in [5.41, 5.74) is 4.52. The second-order valence-electron chi connectivity index (χ2n) is 6.90. The van der Waals surface area contributed by atoms with E-state index in [9.17, 15) is 4.79 Å². The molecule has 0 fully saturated rings. The van der Waals surface area contributed by atoms with E-state index in [4.69, 9.17) is 4.74 Å². The lowest BCUT2D eigenvalue weighted by Gasteiger charge is -2.25. The first-order chi connectivity index (χ1) is 14.7. The normalized spacial score (nSPS) is 15.3. The number of pyridine rings is 1. The lowest BCUT2D eigenvalue weighted by Crippen LogP contribution is -2.29. The van der Waals surface area contributed by atoms with Gasteiger partial charge in [-0.3, -0.25) is 19.8 Å². The summed E-state index contributed by atoms with van der Waals surface area (Å²) in [4.78, 5) is 19.7. The summed E-state index contributed by atoms with van der Waals surface area (Å²) in [5.74, 6) is 0.634. The molecule has 7 heteroatoms. The lowest BCUT2D eigenvalue weighted by atomic mass is 9.99. The maximum absolute atomic E-state index is 13.4. The summed E-state index contributed by atoms with van der Waals surface area (Å²) in [6.07, 6.45) is 1.74. The Labute approximate surface area is 181 Å². The van der Waals surface area contributed by atoms with Crippen molar-refractivity contribution in [3.8, 4) is 17.0 Å². The minimum absolute atomic E-state index is 0.129. The van der Waals surface area contributed by atoms with Crippen LogP contribution in [0.3, 0.4) is 0 Å². The minimum Gasteiger partial charge on any atom is -0.497 e. The van der Waals surface area contributed by atoms with Crippen molar-refractivity contribution in [3.05, 3.63) is 94.4 Å². The first kappa shape index (κ1) is 18.6. The van der Waals surface area contributed by atoms with Crippen molar-refractivity contribution in [2.75, 3.05) is 12.0 Å². The number of H-pyrrole nitrogens is 1. The predicted octanol–water partition coefficient (Wildman–Crippen LogP) is 4.99. The molecule has 30 heavy (non-hydrogen) atoms. The number of aromatic nitrogens is 3. The number of carbonyl (C=O) groups excluding carboxylic acids is 1. The smallest absolute Gasteiger partial charge is 0.277 e. The van der Waals surface area contributed by atoms with Gasteiger partial charge in [0.05, 0.1) is 18.5 Å². The third-order valence-electron chi connectivity index (χ3n) is 5.20. The number of hydrogen-bond donors (Lipinski definition) is 1. The second-order valence-corrected chi connectivity index (χ2v) is 7.81. The molecule has 5 rings (SSSR count). The highest BCUT2D eigenvalue weighted by atomic mass is 79.9. The van der Waals surface area contributed by atoms with Crippen LogP contribution in [-0.2, 0) is 0 Å². The van der Waals surface area contributed by atoms with Gasteiger partial charge in [-0.25, -0.2) is 0 Å². The van der Waals surface area contributed by atoms with Crippen LogP contribution in [0.1, 0.15) is 27.8 Å². The molecule has 2 aromatic heterocycles. The molecule has 6 nitrogen and oxygen atoms in total. The first-order valence-electron chi connectivity index (χ1n) is 9.40. The number of ether oxygens (including phenoxy) is 1. The first-order valence-corrected chi connectivity index (χ1v) is 10.2. The molecule has 1 aliphatic heterocycles. The average Bonchev–Trinajstić information content (AvgIpc) is 3.34. The predicted molar refractivity (Wildman–Crippen MR) is 118 cm³/mol. The molecule has 1 amide bonds. The number of methoxy groups -OCH3 is 1. The fraction of sp³-hybridized carbons (Fsp3) is 0.0870. The van der Waals surface area contributed by atoms with Crippen LogP contribution in [0.5, 0.6) is 5.75 Å². The van der Waals surface area contributed by atoms with Gasteiger partial charge < -0.3 is 4.74 Å². The Kier molecular flexibility index (Phi) is 4.59. The molecular weight excluding hydrogens is 444 g/mol. The summed E-state index contributed by atoms with van der Waals surface area (Å²) in [6, 6.07) is 20.7. The van der Waals surface area contributed by atoms with Gasteiger partial charge in [0.15, 0.2) is 0 Å². The van der Waals surface area contributed by atoms with Gasteiger partial charge in [0, 0.05) is 27.5 Å². The highest BCUT2D eigenvalue weighted by Crippen LogP contribution is 2.44. The van der Waals surface area contributed by atoms with Crippen LogP contribution in [0, 0.1) is 0 Å². The Bertz CT molecular complexity index is 1200. The lowest BCUT2D eigenvalue weighted by molar-refractivity contribution is 0.0988. The van der Waals surface area contributed by atoms with Crippen LogP contribution in [0.4, 0.5) is 5.69 Å². The topological polar surface area (TPSA) is 71.1 Å². The monoisotopic (exact) mass is 460 g/mol. The molecule has 0 bridgehead atoms. The number of hydrogen-bond acceptors (Lipinski definition) is 4. The zero-order valence-electron chi connectivity index (χ0n) is 16.0. The molecule has 148 valence electrons. The van der Waals surface area contributed by atoms with Crippen molar-refractivity contribution in [2.45, 2.75) is 6.04 Å². The van der Waals surface area contributed by atoms with Gasteiger partial charge in [0.2, 0.25) is 0 Å². The van der Waals surface area contributed by atoms with E-state index >= 15 is 0 Å². The zero-order chi connectivity index (χ0) is 20.7. The van der Waals surface area contributed by atoms with E-state index in [1.165, 1.54) is 0 Å². The average molecular weight is 461 g/mol. The molecule has 0 aliphatic carbocycles. The van der Waals surface area contributed by atoms with E-state index in [0.717, 1.165) is 38.4 Å². The van der Waals surface area contributed by atoms with Crippen LogP contribution in [0.15, 0.2) is 77.4 Å². The Morgan fingerprint density at radius 3 is 2.47 bits per heavy atom. The van der Waals surface area contributed by atoms with Gasteiger partial charge in [-0.2, -0.15) is 5.10 Å². The Morgan fingerprint density at radius 1 is 1.03 bits per heavy atom. The van der Waals surface area contributed by atoms with Gasteiger partial charge in [0.25, 0.3) is 5.91 Å². The number of aromatic amines is 1. The molecule has 0 spiro atoms. The summed E-state index contributed by atoms with van der Waals surface area (Å²) >= 11 is 3.46. The van der Waals surface area contributed by atoms with Crippen LogP contribution in [0.2, 0.25) is 0 Å². The van der Waals surface area contributed by atoms with Gasteiger partial charge in [-0.1, -0.05) is 22.0 Å². The van der Waals surface area contributed by atoms with Crippen molar-refractivity contribution in [3.63, 3.8) is 0 Å². The number of benzene rings is 2. The number of nitrogens with one attached hydrogen (secondary N) is 1. The SMILES string of the molecule is COc1ccc(-c2n[nH]c3c2C(c2ccccn2)N(c2ccc(Br)cc2)C3=O)cc1. The fourth-order valence-corrected chi connectivity index (χ4v) is 4.07. The van der Waals surface area contributed by atoms with E-state index in [2.05, 4.69) is 31.1 Å². The van der Waals surface area contributed by atoms with Crippen molar-refractivity contribution in [2.24, 2.45) is 0 Å². The van der Waals surface area contributed by atoms with E-state index < -0.39 is 0 Å². The maximum Gasteiger partial charge on any atom is 0.277 e. The number of anilines is 1. The summed E-state index contributed by atoms with van der Waals surface area (Å²) in [7, 11) is 1.63. The van der Waals surface area contributed by atoms with Crippen molar-refractivity contribution in [1.82, 2.24) is 15.2 Å². The van der Waals surface area contributed by atoms with Gasteiger partial charge >= 0.3 is 0 Å². The second kappa shape index (κ2) is 7.42. The molecular formula is C23H17BrN4O2. The van der Waals surface area contributed by atoms with Crippen LogP contribution >= 0.6 is 15.9 Å². The van der Waals surface area contributed by atoms with Gasteiger partial charge in [-0.15, -0.1) is 0 Å². The molecule has 1 unspecified atom stereocenters. The van der Waals surface area contributed by atoms with Crippen molar-refractivity contribution < 1.29 is 9.53 Å². The number of carbonyl (C=O) groups is 1. The summed E-state index contributed by atoms with van der Waals surface area (Å²) in [5, 5.41) is 7.45. The molecule has 1 atom stereocenters. The molecule has 1 N–H and O–H groups in total. The van der Waals surface area contributed by atoms with E-state index in [1.807, 2.05) is 66.7 Å². The fourth-order valence-electron chi connectivity index (χ4n) is 3.80. The standard InChI is InChI=1S/C23H17BrN4O2/c1-30-17-11-5-14(6-12-17)20-19-21(27-26-20)23(29)28(16-9-7-15(24)8-10-16)22(19)18-4-2-3-13-25-18/h2-13,22H,1H3,(H,26,27). The van der Waals surface area contributed by atoms with Crippen molar-refractivity contribution in [1.29, 1.82) is 0 Å². The Hall–Kier alpha value is -3.45. The molecule has 0 saturated heterocycles. The van der Waals surface area contributed by atoms with E-state index in [-0.39, 0.29) is 11.9 Å². The third kappa shape index (κ3) is 2.98. The zero-order valence-corrected chi connectivity index (χ0v) is 17.6. The molecule has 4 aromatic rings. The van der Waals surface area contributed by atoms with Crippen LogP contribution < -0.4 is 9.64 Å². The summed E-state index contributed by atoms with van der Waals surface area (Å²) < 4.78 is 6.22. The van der Waals surface area contributed by atoms with Crippen LogP contribution in [-0.4, -0.2) is 28.2 Å². The quantitative estimate of drug-likeness (QED) is 0.465. The Morgan fingerprint density at radius 2 is 1.80 bits per heavy atom. The van der Waals surface area contributed by atoms with E-state index in [1.54, 1.807) is 18.2 Å². The maximum atomic E-state index is 13.4. The molecule has 0 radical (unpaired) electrons. The van der Waals surface area contributed by atoms with Gasteiger partial charge in [-0.05, 0) is 60.7 Å². The highest BCUT2D eigenvalue weighted by molar-refractivity contribution is 9.10. The van der Waals surface area contributed by atoms with Crippen molar-refractivity contribution >= 4 is 27.5 Å². The number of rotatable bonds is 4. The number of halogens is 1. The largest absolute Gasteiger partial charge is 0.497 e. The molecule has 0 saturated carbocycles. The molecule has 2 aromatic carbocycles. The van der Waals surface area contributed by atoms with Gasteiger partial charge in [0.1, 0.15) is 17.5 Å². The highest BCUT2D eigenvalue weighted by Gasteiger charge is 2.43.